The Balaban J connectivity index is 1.84. The molecule has 0 radical (unpaired) electrons. The van der Waals surface area contributed by atoms with E-state index < -0.39 is 18.0 Å². The molecule has 210 valence electrons. The summed E-state index contributed by atoms with van der Waals surface area (Å²) in [5.74, 6) is 0.0490. The summed E-state index contributed by atoms with van der Waals surface area (Å²) in [5.41, 5.74) is 1.41. The first-order valence-electron chi connectivity index (χ1n) is 12.1. The molecule has 3 aromatic rings. The molecule has 1 aromatic heterocycles. The van der Waals surface area contributed by atoms with Gasteiger partial charge in [0, 0.05) is 10.6 Å². The Morgan fingerprint density at radius 2 is 1.80 bits per heavy atom. The lowest BCUT2D eigenvalue weighted by molar-refractivity contribution is -0.145. The highest BCUT2D eigenvalue weighted by Gasteiger charge is 2.35. The van der Waals surface area contributed by atoms with Crippen molar-refractivity contribution in [1.82, 2.24) is 4.57 Å². The molecule has 0 saturated heterocycles. The number of fused-ring (bicyclic) bond motifs is 1. The van der Waals surface area contributed by atoms with Crippen LogP contribution in [0.1, 0.15) is 31.0 Å². The van der Waals surface area contributed by atoms with Crippen LogP contribution in [0.25, 0.3) is 6.08 Å². The number of carbonyl (C=O) groups is 2. The van der Waals surface area contributed by atoms with Crippen molar-refractivity contribution in [3.8, 4) is 17.2 Å². The molecule has 2 heterocycles. The van der Waals surface area contributed by atoms with E-state index in [0.29, 0.717) is 48.4 Å². The highest BCUT2D eigenvalue weighted by atomic mass is 35.5. The first-order chi connectivity index (χ1) is 19.2. The fourth-order valence-corrected chi connectivity index (χ4v) is 5.52. The second kappa shape index (κ2) is 12.4. The zero-order chi connectivity index (χ0) is 29.0. The average molecular weight is 587 g/mol. The Morgan fingerprint density at radius 1 is 1.07 bits per heavy atom. The zero-order valence-electron chi connectivity index (χ0n) is 22.5. The van der Waals surface area contributed by atoms with Gasteiger partial charge in [0.05, 0.1) is 43.7 Å². The second-order valence-electron chi connectivity index (χ2n) is 8.46. The molecule has 1 aliphatic heterocycles. The zero-order valence-corrected chi connectivity index (χ0v) is 24.1. The monoisotopic (exact) mass is 586 g/mol. The van der Waals surface area contributed by atoms with Gasteiger partial charge in [-0.1, -0.05) is 29.0 Å². The van der Waals surface area contributed by atoms with Crippen LogP contribution < -0.4 is 29.1 Å². The summed E-state index contributed by atoms with van der Waals surface area (Å²) < 4.78 is 28.3. The minimum Gasteiger partial charge on any atom is -0.496 e. The normalized spacial score (nSPS) is 14.8. The van der Waals surface area contributed by atoms with Crippen molar-refractivity contribution in [2.24, 2.45) is 4.99 Å². The number of allylic oxidation sites excluding steroid dienone is 1. The van der Waals surface area contributed by atoms with E-state index in [1.807, 2.05) is 0 Å². The number of halogens is 1. The molecule has 10 nitrogen and oxygen atoms in total. The summed E-state index contributed by atoms with van der Waals surface area (Å²) in [6, 6.07) is 9.16. The Bertz CT molecular complexity index is 1670. The van der Waals surface area contributed by atoms with E-state index in [4.69, 9.17) is 35.3 Å². The van der Waals surface area contributed by atoms with Crippen molar-refractivity contribution in [3.05, 3.63) is 83.5 Å². The standard InChI is InChI=1S/C28H27ClN2O8S/c1-6-38-23(32)14-39-20-9-7-16(11-21(20)36-4)12-22-26(33)31-25(18-13-17(29)8-10-19(18)35-3)24(27(34)37-5)15(2)30-28(31)40-22/h7-13,25H,6,14H2,1-5H3/b22-12-/t25-/m0/s1. The minimum absolute atomic E-state index is 0.201. The minimum atomic E-state index is -0.882. The number of nitrogens with zero attached hydrogens (tertiary/aromatic N) is 2. The number of aromatic nitrogens is 1. The molecule has 2 aromatic carbocycles. The van der Waals surface area contributed by atoms with Gasteiger partial charge < -0.3 is 23.7 Å². The SMILES string of the molecule is CCOC(=O)COc1ccc(/C=c2\sc3n(c2=O)[C@@H](c2cc(Cl)ccc2OC)C(C(=O)OC)=C(C)N=3)cc1OC. The topological polar surface area (TPSA) is 115 Å². The smallest absolute Gasteiger partial charge is 0.344 e. The molecule has 0 saturated carbocycles. The molecule has 0 bridgehead atoms. The van der Waals surface area contributed by atoms with Gasteiger partial charge in [-0.25, -0.2) is 14.6 Å². The van der Waals surface area contributed by atoms with Crippen molar-refractivity contribution >= 4 is 41.0 Å². The summed E-state index contributed by atoms with van der Waals surface area (Å²) in [7, 11) is 4.24. The van der Waals surface area contributed by atoms with Crippen molar-refractivity contribution in [1.29, 1.82) is 0 Å². The van der Waals surface area contributed by atoms with Gasteiger partial charge in [0.15, 0.2) is 22.9 Å². The number of ether oxygens (including phenoxy) is 5. The van der Waals surface area contributed by atoms with Crippen LogP contribution in [0.4, 0.5) is 0 Å². The predicted octanol–water partition coefficient (Wildman–Crippen LogP) is 3.02. The molecule has 0 unspecified atom stereocenters. The number of esters is 2. The molecule has 1 aliphatic rings. The maximum Gasteiger partial charge on any atom is 0.344 e. The van der Waals surface area contributed by atoms with Gasteiger partial charge in [-0.3, -0.25) is 9.36 Å². The number of thiazole rings is 1. The second-order valence-corrected chi connectivity index (χ2v) is 9.91. The summed E-state index contributed by atoms with van der Waals surface area (Å²) in [6.45, 7) is 3.38. The van der Waals surface area contributed by atoms with Gasteiger partial charge in [0.25, 0.3) is 5.56 Å². The number of rotatable bonds is 9. The lowest BCUT2D eigenvalue weighted by Gasteiger charge is -2.25. The predicted molar refractivity (Wildman–Crippen MR) is 149 cm³/mol. The third kappa shape index (κ3) is 5.75. The molecule has 0 fully saturated rings. The van der Waals surface area contributed by atoms with Gasteiger partial charge >= 0.3 is 11.9 Å². The van der Waals surface area contributed by atoms with E-state index in [2.05, 4.69) is 4.99 Å². The van der Waals surface area contributed by atoms with Crippen LogP contribution in [0, 0.1) is 0 Å². The molecule has 0 spiro atoms. The third-order valence-corrected chi connectivity index (χ3v) is 7.27. The molecule has 40 heavy (non-hydrogen) atoms. The molecular weight excluding hydrogens is 560 g/mol. The number of methoxy groups -OCH3 is 3. The number of hydrogen-bond donors (Lipinski definition) is 0. The maximum atomic E-state index is 13.8. The first kappa shape index (κ1) is 28.9. The van der Waals surface area contributed by atoms with Gasteiger partial charge in [-0.05, 0) is 55.8 Å². The Kier molecular flexibility index (Phi) is 8.96. The maximum absolute atomic E-state index is 13.8. The van der Waals surface area contributed by atoms with Crippen LogP contribution in [0.15, 0.2) is 57.5 Å². The van der Waals surface area contributed by atoms with E-state index in [1.165, 1.54) is 37.2 Å². The van der Waals surface area contributed by atoms with Crippen LogP contribution >= 0.6 is 22.9 Å². The van der Waals surface area contributed by atoms with Gasteiger partial charge in [0.2, 0.25) is 0 Å². The lowest BCUT2D eigenvalue weighted by atomic mass is 9.95. The molecule has 0 aliphatic carbocycles. The van der Waals surface area contributed by atoms with Gasteiger partial charge in [-0.15, -0.1) is 0 Å². The van der Waals surface area contributed by atoms with Crippen LogP contribution in [-0.2, 0) is 19.1 Å². The van der Waals surface area contributed by atoms with Crippen molar-refractivity contribution < 1.29 is 33.3 Å². The molecule has 0 N–H and O–H groups in total. The van der Waals surface area contributed by atoms with Gasteiger partial charge in [-0.2, -0.15) is 0 Å². The molecule has 0 amide bonds. The van der Waals surface area contributed by atoms with Gasteiger partial charge in [0.1, 0.15) is 11.8 Å². The summed E-state index contributed by atoms with van der Waals surface area (Å²) >= 11 is 7.49. The van der Waals surface area contributed by atoms with Crippen LogP contribution in [0.3, 0.4) is 0 Å². The fraction of sp³-hybridized carbons (Fsp3) is 0.286. The van der Waals surface area contributed by atoms with Crippen molar-refractivity contribution in [2.75, 3.05) is 34.5 Å². The van der Waals surface area contributed by atoms with Crippen LogP contribution in [0.5, 0.6) is 17.2 Å². The van der Waals surface area contributed by atoms with E-state index in [9.17, 15) is 14.4 Å². The number of carbonyl (C=O) groups excluding carboxylic acids is 2. The first-order valence-corrected chi connectivity index (χ1v) is 13.3. The molecule has 12 heteroatoms. The largest absolute Gasteiger partial charge is 0.496 e. The highest BCUT2D eigenvalue weighted by Crippen LogP contribution is 2.37. The van der Waals surface area contributed by atoms with E-state index in [0.717, 1.165) is 0 Å². The average Bonchev–Trinajstić information content (AvgIpc) is 3.24. The Hall–Kier alpha value is -4.09. The van der Waals surface area contributed by atoms with E-state index >= 15 is 0 Å². The third-order valence-electron chi connectivity index (χ3n) is 6.05. The Labute approximate surface area is 238 Å². The molecule has 1 atom stereocenters. The Morgan fingerprint density at radius 3 is 2.48 bits per heavy atom. The number of benzene rings is 2. The van der Waals surface area contributed by atoms with Crippen LogP contribution in [-0.4, -0.2) is 51.0 Å². The van der Waals surface area contributed by atoms with E-state index in [-0.39, 0.29) is 24.3 Å². The summed E-state index contributed by atoms with van der Waals surface area (Å²) in [4.78, 5) is 43.4. The van der Waals surface area contributed by atoms with Crippen molar-refractivity contribution in [3.63, 3.8) is 0 Å². The molecular formula is C28H27ClN2O8S. The van der Waals surface area contributed by atoms with E-state index in [1.54, 1.807) is 56.3 Å². The van der Waals surface area contributed by atoms with Crippen LogP contribution in [0.2, 0.25) is 5.02 Å². The summed E-state index contributed by atoms with van der Waals surface area (Å²) in [6.07, 6.45) is 1.69. The lowest BCUT2D eigenvalue weighted by Crippen LogP contribution is -2.40. The van der Waals surface area contributed by atoms with Crippen molar-refractivity contribution in [2.45, 2.75) is 19.9 Å². The highest BCUT2D eigenvalue weighted by molar-refractivity contribution is 7.07. The quantitative estimate of drug-likeness (QED) is 0.352. The number of hydrogen-bond acceptors (Lipinski definition) is 10. The molecule has 4 rings (SSSR count). The summed E-state index contributed by atoms with van der Waals surface area (Å²) in [5, 5.41) is 0.411. The fourth-order valence-electron chi connectivity index (χ4n) is 4.29.